The van der Waals surface area contributed by atoms with Gasteiger partial charge in [0.05, 0.1) is 7.11 Å². The van der Waals surface area contributed by atoms with Crippen LogP contribution in [-0.4, -0.2) is 13.1 Å². The predicted octanol–water partition coefficient (Wildman–Crippen LogP) is 4.54. The van der Waals surface area contributed by atoms with Gasteiger partial charge >= 0.3 is 5.97 Å². The molecular formula is C19H14O5. The Kier molecular flexibility index (Phi) is 3.46. The number of ether oxygens (including phenoxy) is 2. The molecule has 0 atom stereocenters. The standard InChI is InChI=1S/C19H14O5/c1-21-19(20)18-9-7-13(23-18)11-22-12-6-8-17-15(10-12)14-4-2-3-5-16(14)24-17/h2-10H,11H2,1H3. The lowest BCUT2D eigenvalue weighted by molar-refractivity contribution is 0.0561. The van der Waals surface area contributed by atoms with Gasteiger partial charge in [-0.1, -0.05) is 18.2 Å². The van der Waals surface area contributed by atoms with E-state index in [1.54, 1.807) is 12.1 Å². The van der Waals surface area contributed by atoms with Crippen molar-refractivity contribution < 1.29 is 23.1 Å². The molecule has 2 aromatic heterocycles. The summed E-state index contributed by atoms with van der Waals surface area (Å²) < 4.78 is 21.5. The minimum absolute atomic E-state index is 0.160. The Morgan fingerprint density at radius 1 is 0.958 bits per heavy atom. The number of methoxy groups -OCH3 is 1. The van der Waals surface area contributed by atoms with Crippen molar-refractivity contribution >= 4 is 27.9 Å². The largest absolute Gasteiger partial charge is 0.486 e. The highest BCUT2D eigenvalue weighted by Crippen LogP contribution is 2.31. The number of carbonyl (C=O) groups excluding carboxylic acids is 1. The van der Waals surface area contributed by atoms with E-state index in [0.29, 0.717) is 11.5 Å². The lowest BCUT2D eigenvalue weighted by Gasteiger charge is -2.04. The second kappa shape index (κ2) is 5.77. The Morgan fingerprint density at radius 2 is 1.79 bits per heavy atom. The molecule has 2 aromatic carbocycles. The molecule has 24 heavy (non-hydrogen) atoms. The molecule has 5 nitrogen and oxygen atoms in total. The van der Waals surface area contributed by atoms with Crippen molar-refractivity contribution in [1.82, 2.24) is 0 Å². The normalized spacial score (nSPS) is 11.0. The first-order valence-corrected chi connectivity index (χ1v) is 7.46. The molecule has 0 aliphatic heterocycles. The number of fused-ring (bicyclic) bond motifs is 3. The number of rotatable bonds is 4. The van der Waals surface area contributed by atoms with Gasteiger partial charge in [0.2, 0.25) is 5.76 Å². The number of carbonyl (C=O) groups is 1. The Hall–Kier alpha value is -3.21. The van der Waals surface area contributed by atoms with E-state index < -0.39 is 5.97 Å². The monoisotopic (exact) mass is 322 g/mol. The van der Waals surface area contributed by atoms with Crippen LogP contribution in [0.3, 0.4) is 0 Å². The zero-order valence-corrected chi connectivity index (χ0v) is 12.9. The van der Waals surface area contributed by atoms with Gasteiger partial charge in [0, 0.05) is 10.8 Å². The van der Waals surface area contributed by atoms with Gasteiger partial charge in [-0.05, 0) is 36.4 Å². The molecule has 0 unspecified atom stereocenters. The molecule has 0 aliphatic rings. The van der Waals surface area contributed by atoms with Crippen LogP contribution in [0.1, 0.15) is 16.3 Å². The average Bonchev–Trinajstić information content (AvgIpc) is 3.23. The van der Waals surface area contributed by atoms with E-state index in [4.69, 9.17) is 13.6 Å². The smallest absolute Gasteiger partial charge is 0.373 e. The molecular weight excluding hydrogens is 308 g/mol. The Labute approximate surface area is 137 Å². The minimum atomic E-state index is -0.507. The van der Waals surface area contributed by atoms with Crippen LogP contribution >= 0.6 is 0 Å². The molecule has 0 spiro atoms. The highest BCUT2D eigenvalue weighted by molar-refractivity contribution is 6.05. The summed E-state index contributed by atoms with van der Waals surface area (Å²) in [6.45, 7) is 0.221. The van der Waals surface area contributed by atoms with Crippen molar-refractivity contribution in [1.29, 1.82) is 0 Å². The summed E-state index contributed by atoms with van der Waals surface area (Å²) in [7, 11) is 1.31. The van der Waals surface area contributed by atoms with E-state index >= 15 is 0 Å². The van der Waals surface area contributed by atoms with Gasteiger partial charge in [-0.25, -0.2) is 4.79 Å². The van der Waals surface area contributed by atoms with Crippen LogP contribution in [0.5, 0.6) is 5.75 Å². The molecule has 4 rings (SSSR count). The fraction of sp³-hybridized carbons (Fsp3) is 0.105. The second-order valence-electron chi connectivity index (χ2n) is 5.30. The molecule has 120 valence electrons. The summed E-state index contributed by atoms with van der Waals surface area (Å²) in [6.07, 6.45) is 0. The van der Waals surface area contributed by atoms with Gasteiger partial charge in [-0.15, -0.1) is 0 Å². The lowest BCUT2D eigenvalue weighted by Crippen LogP contribution is -1.99. The summed E-state index contributed by atoms with van der Waals surface area (Å²) >= 11 is 0. The maximum atomic E-state index is 11.4. The highest BCUT2D eigenvalue weighted by atomic mass is 16.5. The van der Waals surface area contributed by atoms with Crippen LogP contribution in [0.15, 0.2) is 63.4 Å². The zero-order valence-electron chi connectivity index (χ0n) is 12.9. The van der Waals surface area contributed by atoms with Crippen LogP contribution in [0.25, 0.3) is 21.9 Å². The third kappa shape index (κ3) is 2.50. The maximum absolute atomic E-state index is 11.4. The fourth-order valence-electron chi connectivity index (χ4n) is 2.62. The maximum Gasteiger partial charge on any atom is 0.373 e. The number of hydrogen-bond donors (Lipinski definition) is 0. The van der Waals surface area contributed by atoms with Gasteiger partial charge < -0.3 is 18.3 Å². The average molecular weight is 322 g/mol. The molecule has 0 radical (unpaired) electrons. The number of furan rings is 2. The van der Waals surface area contributed by atoms with Crippen molar-refractivity contribution in [2.24, 2.45) is 0 Å². The summed E-state index contributed by atoms with van der Waals surface area (Å²) in [5.41, 5.74) is 1.66. The van der Waals surface area contributed by atoms with Crippen molar-refractivity contribution in [3.63, 3.8) is 0 Å². The molecule has 0 bridgehead atoms. The van der Waals surface area contributed by atoms with Crippen molar-refractivity contribution in [2.75, 3.05) is 7.11 Å². The number of para-hydroxylation sites is 1. The first-order chi connectivity index (χ1) is 11.7. The van der Waals surface area contributed by atoms with Crippen LogP contribution in [0.2, 0.25) is 0 Å². The summed E-state index contributed by atoms with van der Waals surface area (Å²) in [5.74, 6) is 0.900. The van der Waals surface area contributed by atoms with Crippen molar-refractivity contribution in [3.05, 3.63) is 66.1 Å². The third-order valence-corrected chi connectivity index (χ3v) is 3.78. The lowest BCUT2D eigenvalue weighted by atomic mass is 10.1. The fourth-order valence-corrected chi connectivity index (χ4v) is 2.62. The van der Waals surface area contributed by atoms with Crippen molar-refractivity contribution in [2.45, 2.75) is 6.61 Å². The van der Waals surface area contributed by atoms with E-state index in [2.05, 4.69) is 4.74 Å². The van der Waals surface area contributed by atoms with Crippen LogP contribution < -0.4 is 4.74 Å². The Balaban J connectivity index is 1.57. The van der Waals surface area contributed by atoms with Crippen LogP contribution in [-0.2, 0) is 11.3 Å². The number of benzene rings is 2. The molecule has 0 amide bonds. The molecule has 5 heteroatoms. The Morgan fingerprint density at radius 3 is 2.67 bits per heavy atom. The summed E-state index contributed by atoms with van der Waals surface area (Å²) in [6, 6.07) is 16.8. The summed E-state index contributed by atoms with van der Waals surface area (Å²) in [4.78, 5) is 11.4. The van der Waals surface area contributed by atoms with E-state index in [1.165, 1.54) is 7.11 Å². The third-order valence-electron chi connectivity index (χ3n) is 3.78. The highest BCUT2D eigenvalue weighted by Gasteiger charge is 2.12. The molecule has 4 aromatic rings. The van der Waals surface area contributed by atoms with Gasteiger partial charge in [0.15, 0.2) is 0 Å². The topological polar surface area (TPSA) is 61.8 Å². The van der Waals surface area contributed by atoms with Gasteiger partial charge in [-0.3, -0.25) is 0 Å². The molecule has 0 N–H and O–H groups in total. The minimum Gasteiger partial charge on any atom is -0.486 e. The molecule has 0 aliphatic carbocycles. The first kappa shape index (κ1) is 14.4. The number of esters is 1. The van der Waals surface area contributed by atoms with E-state index in [9.17, 15) is 4.79 Å². The molecule has 0 fully saturated rings. The molecule has 0 saturated carbocycles. The van der Waals surface area contributed by atoms with E-state index in [-0.39, 0.29) is 12.4 Å². The SMILES string of the molecule is COC(=O)c1ccc(COc2ccc3oc4ccccc4c3c2)o1. The number of hydrogen-bond acceptors (Lipinski definition) is 5. The second-order valence-corrected chi connectivity index (χ2v) is 5.30. The molecule has 2 heterocycles. The predicted molar refractivity (Wildman–Crippen MR) is 88.1 cm³/mol. The zero-order chi connectivity index (χ0) is 16.5. The van der Waals surface area contributed by atoms with E-state index in [1.807, 2.05) is 42.5 Å². The quantitative estimate of drug-likeness (QED) is 0.516. The van der Waals surface area contributed by atoms with Gasteiger partial charge in [-0.2, -0.15) is 0 Å². The van der Waals surface area contributed by atoms with Crippen LogP contribution in [0.4, 0.5) is 0 Å². The van der Waals surface area contributed by atoms with Gasteiger partial charge in [0.25, 0.3) is 0 Å². The first-order valence-electron chi connectivity index (χ1n) is 7.46. The Bertz CT molecular complexity index is 1020. The summed E-state index contributed by atoms with van der Waals surface area (Å²) in [5, 5.41) is 2.04. The van der Waals surface area contributed by atoms with Crippen LogP contribution in [0, 0.1) is 0 Å². The van der Waals surface area contributed by atoms with Crippen molar-refractivity contribution in [3.8, 4) is 5.75 Å². The van der Waals surface area contributed by atoms with E-state index in [0.717, 1.165) is 21.9 Å². The van der Waals surface area contributed by atoms with Gasteiger partial charge in [0.1, 0.15) is 29.3 Å². The molecule has 0 saturated heterocycles.